The number of carbonyl (C=O) groups excluding carboxylic acids is 1. The fourth-order valence-electron chi connectivity index (χ4n) is 2.31. The number of halogens is 2. The Morgan fingerprint density at radius 2 is 2.00 bits per heavy atom. The molecule has 0 amide bonds. The lowest BCUT2D eigenvalue weighted by Gasteiger charge is -2.06. The highest BCUT2D eigenvalue weighted by molar-refractivity contribution is 6.33. The Kier molecular flexibility index (Phi) is 3.68. The van der Waals surface area contributed by atoms with E-state index >= 15 is 0 Å². The van der Waals surface area contributed by atoms with Gasteiger partial charge in [-0.05, 0) is 47.5 Å². The second-order valence-corrected chi connectivity index (χ2v) is 5.60. The summed E-state index contributed by atoms with van der Waals surface area (Å²) in [6, 6.07) is 10.7. The molecule has 0 radical (unpaired) electrons. The van der Waals surface area contributed by atoms with Crippen molar-refractivity contribution in [2.75, 3.05) is 6.61 Å². The number of Topliss-reactive ketones (excluding diaryl/α,β-unsaturated/α-hetero) is 1. The molecule has 0 atom stereocenters. The normalized spacial score (nSPS) is 12.9. The lowest BCUT2D eigenvalue weighted by atomic mass is 10.0. The zero-order valence-corrected chi connectivity index (χ0v) is 12.2. The van der Waals surface area contributed by atoms with Crippen LogP contribution in [0.25, 0.3) is 0 Å². The summed E-state index contributed by atoms with van der Waals surface area (Å²) >= 11 is 12.0. The Labute approximate surface area is 127 Å². The number of fused-ring (bicyclic) bond motifs is 1. The third kappa shape index (κ3) is 2.67. The summed E-state index contributed by atoms with van der Waals surface area (Å²) in [5, 5.41) is 1.15. The maximum absolute atomic E-state index is 12.3. The minimum Gasteiger partial charge on any atom is -0.493 e. The van der Waals surface area contributed by atoms with Gasteiger partial charge in [0.1, 0.15) is 5.75 Å². The number of ketones is 1. The molecule has 2 nitrogen and oxygen atoms in total. The smallest absolute Gasteiger partial charge is 0.167 e. The molecule has 0 unspecified atom stereocenters. The van der Waals surface area contributed by atoms with E-state index in [-0.39, 0.29) is 12.2 Å². The standard InChI is InChI=1S/C16H12Cl2O2/c17-13-2-3-14(18)12(8-13)9-15(19)10-1-4-16-11(7-10)5-6-20-16/h1-4,7-8H,5-6,9H2. The Balaban J connectivity index is 1.84. The molecule has 20 heavy (non-hydrogen) atoms. The average Bonchev–Trinajstić information content (AvgIpc) is 2.90. The van der Waals surface area contributed by atoms with Crippen molar-refractivity contribution in [1.82, 2.24) is 0 Å². The number of benzene rings is 2. The van der Waals surface area contributed by atoms with Crippen LogP contribution in [0.3, 0.4) is 0 Å². The lowest BCUT2D eigenvalue weighted by molar-refractivity contribution is 0.0993. The molecule has 0 aliphatic carbocycles. The second kappa shape index (κ2) is 5.47. The van der Waals surface area contributed by atoms with Gasteiger partial charge in [-0.25, -0.2) is 0 Å². The van der Waals surface area contributed by atoms with Crippen LogP contribution in [-0.4, -0.2) is 12.4 Å². The predicted octanol–water partition coefficient (Wildman–Crippen LogP) is 4.35. The van der Waals surface area contributed by atoms with Crippen molar-refractivity contribution >= 4 is 29.0 Å². The fraction of sp³-hybridized carbons (Fsp3) is 0.188. The van der Waals surface area contributed by atoms with Gasteiger partial charge in [0.05, 0.1) is 6.61 Å². The third-order valence-electron chi connectivity index (χ3n) is 3.37. The van der Waals surface area contributed by atoms with E-state index in [0.29, 0.717) is 22.2 Å². The Morgan fingerprint density at radius 3 is 2.85 bits per heavy atom. The van der Waals surface area contributed by atoms with Gasteiger partial charge in [-0.15, -0.1) is 0 Å². The van der Waals surface area contributed by atoms with Crippen LogP contribution >= 0.6 is 23.2 Å². The summed E-state index contributed by atoms with van der Waals surface area (Å²) in [4.78, 5) is 12.3. The minimum atomic E-state index is 0.0314. The first kappa shape index (κ1) is 13.5. The molecule has 1 aliphatic rings. The molecule has 0 bridgehead atoms. The fourth-order valence-corrected chi connectivity index (χ4v) is 2.69. The van der Waals surface area contributed by atoms with Gasteiger partial charge < -0.3 is 4.74 Å². The van der Waals surface area contributed by atoms with Gasteiger partial charge in [-0.1, -0.05) is 23.2 Å². The highest BCUT2D eigenvalue weighted by atomic mass is 35.5. The van der Waals surface area contributed by atoms with E-state index in [0.717, 1.165) is 23.3 Å². The molecule has 0 aromatic heterocycles. The zero-order chi connectivity index (χ0) is 14.1. The summed E-state index contributed by atoms with van der Waals surface area (Å²) in [6.45, 7) is 0.688. The molecule has 3 rings (SSSR count). The molecule has 2 aromatic carbocycles. The second-order valence-electron chi connectivity index (χ2n) is 4.76. The van der Waals surface area contributed by atoms with Gasteiger partial charge in [-0.3, -0.25) is 4.79 Å². The van der Waals surface area contributed by atoms with Crippen LogP contribution in [0.15, 0.2) is 36.4 Å². The van der Waals surface area contributed by atoms with Crippen LogP contribution in [0.1, 0.15) is 21.5 Å². The van der Waals surface area contributed by atoms with Crippen molar-refractivity contribution in [2.45, 2.75) is 12.8 Å². The largest absolute Gasteiger partial charge is 0.493 e. The van der Waals surface area contributed by atoms with Crippen molar-refractivity contribution in [2.24, 2.45) is 0 Å². The first-order valence-electron chi connectivity index (χ1n) is 6.36. The van der Waals surface area contributed by atoms with Crippen LogP contribution in [0.2, 0.25) is 10.0 Å². The highest BCUT2D eigenvalue weighted by Gasteiger charge is 2.16. The van der Waals surface area contributed by atoms with Crippen molar-refractivity contribution in [1.29, 1.82) is 0 Å². The van der Waals surface area contributed by atoms with Gasteiger partial charge in [0, 0.05) is 28.5 Å². The number of hydrogen-bond acceptors (Lipinski definition) is 2. The molecule has 1 aliphatic heterocycles. The number of carbonyl (C=O) groups is 1. The maximum Gasteiger partial charge on any atom is 0.167 e. The monoisotopic (exact) mass is 306 g/mol. The first-order valence-corrected chi connectivity index (χ1v) is 7.12. The van der Waals surface area contributed by atoms with Crippen molar-refractivity contribution < 1.29 is 9.53 Å². The van der Waals surface area contributed by atoms with Crippen molar-refractivity contribution in [3.8, 4) is 5.75 Å². The van der Waals surface area contributed by atoms with E-state index in [2.05, 4.69) is 0 Å². The van der Waals surface area contributed by atoms with Gasteiger partial charge >= 0.3 is 0 Å². The topological polar surface area (TPSA) is 26.3 Å². The highest BCUT2D eigenvalue weighted by Crippen LogP contribution is 2.27. The molecular weight excluding hydrogens is 295 g/mol. The van der Waals surface area contributed by atoms with E-state index in [1.165, 1.54) is 0 Å². The predicted molar refractivity (Wildman–Crippen MR) is 80.1 cm³/mol. The molecule has 0 N–H and O–H groups in total. The summed E-state index contributed by atoms with van der Waals surface area (Å²) in [5.74, 6) is 0.909. The summed E-state index contributed by atoms with van der Waals surface area (Å²) in [6.07, 6.45) is 1.10. The SMILES string of the molecule is O=C(Cc1cc(Cl)ccc1Cl)c1ccc2c(c1)CCO2. The van der Waals surface area contributed by atoms with E-state index in [1.807, 2.05) is 12.1 Å². The van der Waals surface area contributed by atoms with Gasteiger partial charge in [0.25, 0.3) is 0 Å². The van der Waals surface area contributed by atoms with Gasteiger partial charge in [-0.2, -0.15) is 0 Å². The van der Waals surface area contributed by atoms with E-state index < -0.39 is 0 Å². The van der Waals surface area contributed by atoms with Crippen molar-refractivity contribution in [3.63, 3.8) is 0 Å². The van der Waals surface area contributed by atoms with Crippen LogP contribution < -0.4 is 4.74 Å². The lowest BCUT2D eigenvalue weighted by Crippen LogP contribution is -2.04. The number of rotatable bonds is 3. The molecule has 0 saturated carbocycles. The number of ether oxygens (including phenoxy) is 1. The molecule has 0 fully saturated rings. The maximum atomic E-state index is 12.3. The summed E-state index contributed by atoms with van der Waals surface area (Å²) in [7, 11) is 0. The first-order chi connectivity index (χ1) is 9.63. The van der Waals surface area contributed by atoms with Crippen LogP contribution in [0, 0.1) is 0 Å². The Morgan fingerprint density at radius 1 is 1.15 bits per heavy atom. The Bertz CT molecular complexity index is 680. The quantitative estimate of drug-likeness (QED) is 0.788. The minimum absolute atomic E-state index is 0.0314. The van der Waals surface area contributed by atoms with E-state index in [4.69, 9.17) is 27.9 Å². The van der Waals surface area contributed by atoms with Crippen LogP contribution in [-0.2, 0) is 12.8 Å². The van der Waals surface area contributed by atoms with Crippen LogP contribution in [0.5, 0.6) is 5.75 Å². The molecular formula is C16H12Cl2O2. The van der Waals surface area contributed by atoms with E-state index in [1.54, 1.807) is 24.3 Å². The average molecular weight is 307 g/mol. The Hall–Kier alpha value is -1.51. The summed E-state index contributed by atoms with van der Waals surface area (Å²) < 4.78 is 5.44. The third-order valence-corrected chi connectivity index (χ3v) is 3.97. The van der Waals surface area contributed by atoms with Gasteiger partial charge in [0.15, 0.2) is 5.78 Å². The molecule has 1 heterocycles. The molecule has 0 saturated heterocycles. The number of hydrogen-bond donors (Lipinski definition) is 0. The molecule has 2 aromatic rings. The molecule has 102 valence electrons. The zero-order valence-electron chi connectivity index (χ0n) is 10.7. The molecule has 4 heteroatoms. The van der Waals surface area contributed by atoms with Gasteiger partial charge in [0.2, 0.25) is 0 Å². The molecule has 0 spiro atoms. The van der Waals surface area contributed by atoms with E-state index in [9.17, 15) is 4.79 Å². The summed E-state index contributed by atoms with van der Waals surface area (Å²) in [5.41, 5.74) is 2.53. The van der Waals surface area contributed by atoms with Crippen molar-refractivity contribution in [3.05, 3.63) is 63.1 Å². The van der Waals surface area contributed by atoms with Crippen LogP contribution in [0.4, 0.5) is 0 Å².